The molecule has 2 heterocycles. The minimum absolute atomic E-state index is 0.165. The van der Waals surface area contributed by atoms with E-state index in [9.17, 15) is 4.79 Å². The number of rotatable bonds is 2. The Kier molecular flexibility index (Phi) is 2.71. The van der Waals surface area contributed by atoms with E-state index in [-0.39, 0.29) is 11.8 Å². The fourth-order valence-electron chi connectivity index (χ4n) is 2.08. The third-order valence-corrected chi connectivity index (χ3v) is 3.12. The molecule has 1 aliphatic heterocycles. The van der Waals surface area contributed by atoms with Gasteiger partial charge in [-0.05, 0) is 31.4 Å². The largest absolute Gasteiger partial charge is 0.345 e. The predicted molar refractivity (Wildman–Crippen MR) is 58.4 cm³/mol. The summed E-state index contributed by atoms with van der Waals surface area (Å²) in [6.07, 6.45) is 3.61. The maximum Gasteiger partial charge on any atom is 0.225 e. The molecule has 80 valence electrons. The van der Waals surface area contributed by atoms with Crippen LogP contribution >= 0.6 is 0 Å². The van der Waals surface area contributed by atoms with Crippen molar-refractivity contribution < 1.29 is 4.79 Å². The summed E-state index contributed by atoms with van der Waals surface area (Å²) in [5.41, 5.74) is 2.24. The van der Waals surface area contributed by atoms with Crippen LogP contribution in [0.3, 0.4) is 0 Å². The van der Waals surface area contributed by atoms with Gasteiger partial charge in [0, 0.05) is 31.4 Å². The topological polar surface area (TPSA) is 33.2 Å². The van der Waals surface area contributed by atoms with Crippen LogP contribution in [0.1, 0.15) is 17.7 Å². The van der Waals surface area contributed by atoms with Gasteiger partial charge in [0.05, 0.1) is 0 Å². The highest BCUT2D eigenvalue weighted by atomic mass is 16.2. The normalized spacial score (nSPS) is 21.1. The fourth-order valence-corrected chi connectivity index (χ4v) is 2.08. The number of aryl methyl sites for hydroxylation is 1. The van der Waals surface area contributed by atoms with Crippen LogP contribution in [-0.4, -0.2) is 29.4 Å². The number of hydrogen-bond donors (Lipinski definition) is 0. The van der Waals surface area contributed by atoms with Crippen molar-refractivity contribution in [3.05, 3.63) is 29.6 Å². The quantitative estimate of drug-likeness (QED) is 0.729. The van der Waals surface area contributed by atoms with E-state index < -0.39 is 0 Å². The Labute approximate surface area is 90.1 Å². The molecule has 1 aliphatic rings. The molecule has 1 atom stereocenters. The first-order valence-corrected chi connectivity index (χ1v) is 5.34. The lowest BCUT2D eigenvalue weighted by atomic mass is 9.97. The summed E-state index contributed by atoms with van der Waals surface area (Å²) in [7, 11) is 1.87. The molecule has 3 heteroatoms. The van der Waals surface area contributed by atoms with Crippen LogP contribution in [0, 0.1) is 12.8 Å². The van der Waals surface area contributed by atoms with Crippen LogP contribution in [0.2, 0.25) is 0 Å². The minimum atomic E-state index is 0.165. The lowest BCUT2D eigenvalue weighted by Crippen LogP contribution is -2.23. The van der Waals surface area contributed by atoms with Crippen LogP contribution in [0.4, 0.5) is 0 Å². The highest BCUT2D eigenvalue weighted by Gasteiger charge is 2.29. The summed E-state index contributed by atoms with van der Waals surface area (Å²) in [5.74, 6) is 0.441. The molecule has 1 fully saturated rings. The number of likely N-dealkylation sites (tertiary alicyclic amines) is 1. The van der Waals surface area contributed by atoms with Crippen molar-refractivity contribution in [1.82, 2.24) is 9.88 Å². The molecule has 1 unspecified atom stereocenters. The van der Waals surface area contributed by atoms with Crippen LogP contribution in [-0.2, 0) is 11.2 Å². The molecule has 1 aromatic heterocycles. The van der Waals surface area contributed by atoms with Gasteiger partial charge in [0.15, 0.2) is 0 Å². The average molecular weight is 204 g/mol. The Bertz CT molecular complexity index is 376. The SMILES string of the molecule is Cc1ncccc1CC1CCN(C)C1=O. The molecular formula is C12H16N2O. The summed E-state index contributed by atoms with van der Waals surface area (Å²) >= 11 is 0. The van der Waals surface area contributed by atoms with Crippen molar-refractivity contribution in [3.8, 4) is 0 Å². The van der Waals surface area contributed by atoms with E-state index in [1.165, 1.54) is 5.56 Å². The fraction of sp³-hybridized carbons (Fsp3) is 0.500. The zero-order valence-electron chi connectivity index (χ0n) is 9.23. The Balaban J connectivity index is 2.10. The molecule has 0 aliphatic carbocycles. The maximum atomic E-state index is 11.7. The zero-order valence-corrected chi connectivity index (χ0v) is 9.23. The van der Waals surface area contributed by atoms with Crippen molar-refractivity contribution in [1.29, 1.82) is 0 Å². The first-order valence-electron chi connectivity index (χ1n) is 5.34. The number of carbonyl (C=O) groups is 1. The Morgan fingerprint density at radius 2 is 2.40 bits per heavy atom. The molecule has 0 saturated carbocycles. The van der Waals surface area contributed by atoms with Gasteiger partial charge in [-0.25, -0.2) is 0 Å². The monoisotopic (exact) mass is 204 g/mol. The van der Waals surface area contributed by atoms with Gasteiger partial charge < -0.3 is 4.90 Å². The van der Waals surface area contributed by atoms with Gasteiger partial charge in [0.2, 0.25) is 5.91 Å². The number of aromatic nitrogens is 1. The van der Waals surface area contributed by atoms with E-state index in [1.54, 1.807) is 6.20 Å². The van der Waals surface area contributed by atoms with Crippen molar-refractivity contribution in [3.63, 3.8) is 0 Å². The third-order valence-electron chi connectivity index (χ3n) is 3.12. The van der Waals surface area contributed by atoms with E-state index >= 15 is 0 Å². The molecule has 3 nitrogen and oxygen atoms in total. The van der Waals surface area contributed by atoms with Crippen LogP contribution in [0.5, 0.6) is 0 Å². The summed E-state index contributed by atoms with van der Waals surface area (Å²) in [6.45, 7) is 2.89. The molecule has 1 amide bonds. The molecular weight excluding hydrogens is 188 g/mol. The van der Waals surface area contributed by atoms with Gasteiger partial charge in [0.25, 0.3) is 0 Å². The standard InChI is InChI=1S/C12H16N2O/c1-9-10(4-3-6-13-9)8-11-5-7-14(2)12(11)15/h3-4,6,11H,5,7-8H2,1-2H3. The number of pyridine rings is 1. The molecule has 0 bridgehead atoms. The number of hydrogen-bond acceptors (Lipinski definition) is 2. The van der Waals surface area contributed by atoms with Crippen LogP contribution in [0.15, 0.2) is 18.3 Å². The molecule has 0 spiro atoms. The van der Waals surface area contributed by atoms with Crippen LogP contribution in [0.25, 0.3) is 0 Å². The summed E-state index contributed by atoms with van der Waals surface area (Å²) in [4.78, 5) is 17.8. The van der Waals surface area contributed by atoms with Crippen molar-refractivity contribution in [2.45, 2.75) is 19.8 Å². The van der Waals surface area contributed by atoms with Gasteiger partial charge in [-0.2, -0.15) is 0 Å². The first-order chi connectivity index (χ1) is 7.18. The van der Waals surface area contributed by atoms with Crippen LogP contribution < -0.4 is 0 Å². The number of carbonyl (C=O) groups excluding carboxylic acids is 1. The highest BCUT2D eigenvalue weighted by molar-refractivity contribution is 5.80. The molecule has 1 saturated heterocycles. The van der Waals surface area contributed by atoms with E-state index in [0.29, 0.717) is 0 Å². The molecule has 1 aromatic rings. The predicted octanol–water partition coefficient (Wildman–Crippen LogP) is 1.41. The van der Waals surface area contributed by atoms with Gasteiger partial charge in [-0.15, -0.1) is 0 Å². The lowest BCUT2D eigenvalue weighted by Gasteiger charge is -2.11. The van der Waals surface area contributed by atoms with Crippen molar-refractivity contribution in [2.75, 3.05) is 13.6 Å². The smallest absolute Gasteiger partial charge is 0.225 e. The van der Waals surface area contributed by atoms with Crippen molar-refractivity contribution >= 4 is 5.91 Å². The summed E-state index contributed by atoms with van der Waals surface area (Å²) in [6, 6.07) is 4.00. The highest BCUT2D eigenvalue weighted by Crippen LogP contribution is 2.21. The molecule has 15 heavy (non-hydrogen) atoms. The van der Waals surface area contributed by atoms with Gasteiger partial charge >= 0.3 is 0 Å². The Hall–Kier alpha value is -1.38. The maximum absolute atomic E-state index is 11.7. The second-order valence-corrected chi connectivity index (χ2v) is 4.20. The van der Waals surface area contributed by atoms with E-state index in [4.69, 9.17) is 0 Å². The lowest BCUT2D eigenvalue weighted by molar-refractivity contribution is -0.129. The number of amides is 1. The molecule has 2 rings (SSSR count). The van der Waals surface area contributed by atoms with Gasteiger partial charge in [-0.3, -0.25) is 9.78 Å². The average Bonchev–Trinajstić information content (AvgIpc) is 2.53. The molecule has 0 aromatic carbocycles. The molecule has 0 N–H and O–H groups in total. The second kappa shape index (κ2) is 4.01. The first kappa shape index (κ1) is 10.1. The van der Waals surface area contributed by atoms with Crippen molar-refractivity contribution in [2.24, 2.45) is 5.92 Å². The second-order valence-electron chi connectivity index (χ2n) is 4.20. The van der Waals surface area contributed by atoms with E-state index in [2.05, 4.69) is 11.1 Å². The Morgan fingerprint density at radius 1 is 1.60 bits per heavy atom. The van der Waals surface area contributed by atoms with E-state index in [1.807, 2.05) is 24.9 Å². The molecule has 0 radical (unpaired) electrons. The van der Waals surface area contributed by atoms with E-state index in [0.717, 1.165) is 25.1 Å². The van der Waals surface area contributed by atoms with Gasteiger partial charge in [0.1, 0.15) is 0 Å². The zero-order chi connectivity index (χ0) is 10.8. The third kappa shape index (κ3) is 2.01. The summed E-state index contributed by atoms with van der Waals surface area (Å²) in [5, 5.41) is 0. The number of nitrogens with zero attached hydrogens (tertiary/aromatic N) is 2. The van der Waals surface area contributed by atoms with Gasteiger partial charge in [-0.1, -0.05) is 6.07 Å². The minimum Gasteiger partial charge on any atom is -0.345 e. The Morgan fingerprint density at radius 3 is 3.00 bits per heavy atom. The summed E-state index contributed by atoms with van der Waals surface area (Å²) < 4.78 is 0.